The Balaban J connectivity index is 0.00000121. The van der Waals surface area contributed by atoms with Gasteiger partial charge in [0.25, 0.3) is 0 Å². The van der Waals surface area contributed by atoms with Crippen molar-refractivity contribution in [2.45, 2.75) is 12.6 Å². The maximum atomic E-state index is 12.5. The van der Waals surface area contributed by atoms with Crippen LogP contribution in [0.3, 0.4) is 0 Å². The number of halogens is 2. The number of carbonyl (C=O) groups excluding carboxylic acids is 1. The first-order chi connectivity index (χ1) is 9.84. The minimum absolute atomic E-state index is 0. The van der Waals surface area contributed by atoms with Gasteiger partial charge in [-0.3, -0.25) is 14.5 Å². The molecular weight excluding hydrogens is 325 g/mol. The summed E-state index contributed by atoms with van der Waals surface area (Å²) >= 11 is 0. The summed E-state index contributed by atoms with van der Waals surface area (Å²) in [6.07, 6.45) is 7.06. The number of hydrogen-bond acceptors (Lipinski definition) is 4. The number of nitrogens with one attached hydrogen (secondary N) is 1. The first-order valence-corrected chi connectivity index (χ1v) is 6.72. The Kier molecular flexibility index (Phi) is 7.31. The molecule has 22 heavy (non-hydrogen) atoms. The molecule has 0 spiro atoms. The van der Waals surface area contributed by atoms with Crippen LogP contribution in [0.15, 0.2) is 43.0 Å². The molecule has 1 unspecified atom stereocenters. The van der Waals surface area contributed by atoms with Crippen molar-refractivity contribution >= 4 is 30.7 Å². The number of piperazine rings is 1. The minimum Gasteiger partial charge on any atom is -0.331 e. The van der Waals surface area contributed by atoms with Gasteiger partial charge in [0.1, 0.15) is 6.54 Å². The number of nitrogens with zero attached hydrogens (tertiary/aromatic N) is 4. The van der Waals surface area contributed by atoms with Gasteiger partial charge in [0.15, 0.2) is 0 Å². The molecule has 0 saturated carbocycles. The standard InChI is InChI=1S/C14H17N5O.2ClH/c20-14(11-18-7-2-5-17-18)19-8-6-16-10-13(19)12-3-1-4-15-9-12;;/h1-5,7,9,13,16H,6,8,10-11H2;2*1H. The highest BCUT2D eigenvalue weighted by Crippen LogP contribution is 2.21. The zero-order chi connectivity index (χ0) is 13.8. The Morgan fingerprint density at radius 1 is 1.32 bits per heavy atom. The molecule has 1 aliphatic heterocycles. The Morgan fingerprint density at radius 2 is 2.18 bits per heavy atom. The molecular formula is C14H19Cl2N5O. The number of rotatable bonds is 3. The van der Waals surface area contributed by atoms with E-state index in [-0.39, 0.29) is 43.3 Å². The van der Waals surface area contributed by atoms with E-state index in [1.54, 1.807) is 23.3 Å². The number of amides is 1. The Labute approximate surface area is 141 Å². The van der Waals surface area contributed by atoms with Gasteiger partial charge < -0.3 is 10.2 Å². The number of aromatic nitrogens is 3. The van der Waals surface area contributed by atoms with Gasteiger partial charge in [-0.2, -0.15) is 5.10 Å². The summed E-state index contributed by atoms with van der Waals surface area (Å²) < 4.78 is 1.66. The van der Waals surface area contributed by atoms with Gasteiger partial charge in [0.05, 0.1) is 6.04 Å². The summed E-state index contributed by atoms with van der Waals surface area (Å²) in [4.78, 5) is 18.5. The van der Waals surface area contributed by atoms with Gasteiger partial charge in [-0.15, -0.1) is 24.8 Å². The quantitative estimate of drug-likeness (QED) is 0.912. The Bertz CT molecular complexity index is 564. The van der Waals surface area contributed by atoms with Crippen molar-refractivity contribution in [2.75, 3.05) is 19.6 Å². The van der Waals surface area contributed by atoms with Crippen LogP contribution in [-0.4, -0.2) is 45.2 Å². The van der Waals surface area contributed by atoms with Crippen LogP contribution in [0.2, 0.25) is 0 Å². The average molecular weight is 344 g/mol. The Morgan fingerprint density at radius 3 is 2.86 bits per heavy atom. The van der Waals surface area contributed by atoms with Crippen molar-refractivity contribution < 1.29 is 4.79 Å². The van der Waals surface area contributed by atoms with Gasteiger partial charge in [0, 0.05) is 44.4 Å². The highest BCUT2D eigenvalue weighted by molar-refractivity contribution is 5.85. The van der Waals surface area contributed by atoms with Crippen LogP contribution in [0.25, 0.3) is 0 Å². The van der Waals surface area contributed by atoms with E-state index >= 15 is 0 Å². The van der Waals surface area contributed by atoms with E-state index < -0.39 is 0 Å². The molecule has 3 heterocycles. The van der Waals surface area contributed by atoms with Crippen LogP contribution >= 0.6 is 24.8 Å². The van der Waals surface area contributed by atoms with E-state index in [9.17, 15) is 4.79 Å². The highest BCUT2D eigenvalue weighted by atomic mass is 35.5. The molecule has 0 aromatic carbocycles. The Hall–Kier alpha value is -1.63. The summed E-state index contributed by atoms with van der Waals surface area (Å²) in [5.74, 6) is 0.0871. The lowest BCUT2D eigenvalue weighted by molar-refractivity contribution is -0.135. The second-order valence-corrected chi connectivity index (χ2v) is 4.80. The van der Waals surface area contributed by atoms with Crippen molar-refractivity contribution in [2.24, 2.45) is 0 Å². The summed E-state index contributed by atoms with van der Waals surface area (Å²) in [5.41, 5.74) is 1.06. The highest BCUT2D eigenvalue weighted by Gasteiger charge is 2.27. The SMILES string of the molecule is Cl.Cl.O=C(Cn1cccn1)N1CCNCC1c1cccnc1. The van der Waals surface area contributed by atoms with Crippen molar-refractivity contribution in [1.29, 1.82) is 0 Å². The molecule has 2 aromatic rings. The van der Waals surface area contributed by atoms with Crippen molar-refractivity contribution in [1.82, 2.24) is 25.0 Å². The first kappa shape index (κ1) is 18.4. The third-order valence-corrected chi connectivity index (χ3v) is 3.49. The normalized spacial score (nSPS) is 17.3. The zero-order valence-corrected chi connectivity index (χ0v) is 13.6. The molecule has 120 valence electrons. The third kappa shape index (κ3) is 4.19. The second kappa shape index (κ2) is 8.73. The summed E-state index contributed by atoms with van der Waals surface area (Å²) in [7, 11) is 0. The van der Waals surface area contributed by atoms with E-state index in [0.29, 0.717) is 6.54 Å². The molecule has 1 saturated heterocycles. The lowest BCUT2D eigenvalue weighted by Gasteiger charge is -2.36. The maximum absolute atomic E-state index is 12.5. The van der Waals surface area contributed by atoms with Gasteiger partial charge in [-0.05, 0) is 17.7 Å². The molecule has 0 bridgehead atoms. The van der Waals surface area contributed by atoms with E-state index in [1.165, 1.54) is 0 Å². The van der Waals surface area contributed by atoms with Gasteiger partial charge in [-0.25, -0.2) is 0 Å². The fourth-order valence-corrected chi connectivity index (χ4v) is 2.50. The molecule has 6 nitrogen and oxygen atoms in total. The average Bonchev–Trinajstić information content (AvgIpc) is 3.01. The fraction of sp³-hybridized carbons (Fsp3) is 0.357. The molecule has 1 aliphatic rings. The summed E-state index contributed by atoms with van der Waals surface area (Å²) in [6, 6.07) is 5.78. The van der Waals surface area contributed by atoms with E-state index in [2.05, 4.69) is 15.4 Å². The predicted molar refractivity (Wildman–Crippen MR) is 88.3 cm³/mol. The first-order valence-electron chi connectivity index (χ1n) is 6.72. The van der Waals surface area contributed by atoms with Crippen molar-refractivity contribution in [3.63, 3.8) is 0 Å². The molecule has 2 aromatic heterocycles. The molecule has 1 amide bonds. The number of hydrogen-bond donors (Lipinski definition) is 1. The number of carbonyl (C=O) groups is 1. The summed E-state index contributed by atoms with van der Waals surface area (Å²) in [6.45, 7) is 2.57. The molecule has 0 radical (unpaired) electrons. The van der Waals surface area contributed by atoms with Crippen LogP contribution in [0.1, 0.15) is 11.6 Å². The van der Waals surface area contributed by atoms with Gasteiger partial charge >= 0.3 is 0 Å². The molecule has 0 aliphatic carbocycles. The molecule has 1 fully saturated rings. The van der Waals surface area contributed by atoms with E-state index in [4.69, 9.17) is 0 Å². The van der Waals surface area contributed by atoms with Crippen LogP contribution < -0.4 is 5.32 Å². The lowest BCUT2D eigenvalue weighted by atomic mass is 10.1. The zero-order valence-electron chi connectivity index (χ0n) is 12.0. The molecule has 1 N–H and O–H groups in total. The van der Waals surface area contributed by atoms with Crippen LogP contribution in [-0.2, 0) is 11.3 Å². The predicted octanol–water partition coefficient (Wildman–Crippen LogP) is 1.29. The van der Waals surface area contributed by atoms with E-state index in [0.717, 1.165) is 18.7 Å². The van der Waals surface area contributed by atoms with Crippen LogP contribution in [0.4, 0.5) is 0 Å². The molecule has 1 atom stereocenters. The topological polar surface area (TPSA) is 63.1 Å². The van der Waals surface area contributed by atoms with Gasteiger partial charge in [0.2, 0.25) is 5.91 Å². The summed E-state index contributed by atoms with van der Waals surface area (Å²) in [5, 5.41) is 7.42. The fourth-order valence-electron chi connectivity index (χ4n) is 2.50. The van der Waals surface area contributed by atoms with Crippen LogP contribution in [0, 0.1) is 0 Å². The largest absolute Gasteiger partial charge is 0.331 e. The van der Waals surface area contributed by atoms with Crippen LogP contribution in [0.5, 0.6) is 0 Å². The third-order valence-electron chi connectivity index (χ3n) is 3.49. The van der Waals surface area contributed by atoms with Crippen molar-refractivity contribution in [3.8, 4) is 0 Å². The molecule has 8 heteroatoms. The van der Waals surface area contributed by atoms with Crippen molar-refractivity contribution in [3.05, 3.63) is 48.5 Å². The number of pyridine rings is 1. The second-order valence-electron chi connectivity index (χ2n) is 4.80. The lowest BCUT2D eigenvalue weighted by Crippen LogP contribution is -2.49. The maximum Gasteiger partial charge on any atom is 0.244 e. The smallest absolute Gasteiger partial charge is 0.244 e. The molecule has 3 rings (SSSR count). The van der Waals surface area contributed by atoms with Gasteiger partial charge in [-0.1, -0.05) is 6.07 Å². The minimum atomic E-state index is 0. The monoisotopic (exact) mass is 343 g/mol. The van der Waals surface area contributed by atoms with E-state index in [1.807, 2.05) is 29.3 Å².